The van der Waals surface area contributed by atoms with Crippen molar-refractivity contribution >= 4 is 23.0 Å². The van der Waals surface area contributed by atoms with E-state index in [1.54, 1.807) is 31.7 Å². The van der Waals surface area contributed by atoms with Gasteiger partial charge in [-0.05, 0) is 32.4 Å². The minimum atomic E-state index is -1.50. The Hall–Kier alpha value is -3.39. The lowest BCUT2D eigenvalue weighted by molar-refractivity contribution is 0.0276. The van der Waals surface area contributed by atoms with Crippen LogP contribution in [-0.4, -0.2) is 57.2 Å². The molecule has 0 spiro atoms. The van der Waals surface area contributed by atoms with Crippen molar-refractivity contribution in [3.8, 4) is 18.2 Å². The van der Waals surface area contributed by atoms with Gasteiger partial charge in [-0.3, -0.25) is 4.98 Å². The van der Waals surface area contributed by atoms with Crippen molar-refractivity contribution in [2.75, 3.05) is 25.4 Å². The molecule has 2 aliphatic rings. The normalized spacial score (nSPS) is 23.7. The van der Waals surface area contributed by atoms with Crippen LogP contribution in [-0.2, 0) is 16.7 Å². The van der Waals surface area contributed by atoms with E-state index in [4.69, 9.17) is 26.6 Å². The van der Waals surface area contributed by atoms with Crippen LogP contribution in [0.5, 0.6) is 5.88 Å². The van der Waals surface area contributed by atoms with E-state index < -0.39 is 34.6 Å². The van der Waals surface area contributed by atoms with E-state index in [1.165, 1.54) is 36.3 Å². The van der Waals surface area contributed by atoms with Crippen LogP contribution in [0.4, 0.5) is 13.6 Å². The summed E-state index contributed by atoms with van der Waals surface area (Å²) in [6.07, 6.45) is 5.69. The number of hydrogen-bond acceptors (Lipinski definition) is 8. The van der Waals surface area contributed by atoms with Gasteiger partial charge in [-0.2, -0.15) is 0 Å². The van der Waals surface area contributed by atoms with Crippen LogP contribution in [0, 0.1) is 23.6 Å². The van der Waals surface area contributed by atoms with Crippen LogP contribution >= 0.6 is 11.8 Å². The van der Waals surface area contributed by atoms with Gasteiger partial charge >= 0.3 is 6.09 Å². The molecule has 1 aromatic heterocycles. The summed E-state index contributed by atoms with van der Waals surface area (Å²) < 4.78 is 41.5. The summed E-state index contributed by atoms with van der Waals surface area (Å²) in [5, 5.41) is 0.309. The highest BCUT2D eigenvalue weighted by atomic mass is 32.2. The van der Waals surface area contributed by atoms with E-state index in [2.05, 4.69) is 15.9 Å². The Morgan fingerprint density at radius 3 is 2.74 bits per heavy atom. The quantitative estimate of drug-likeness (QED) is 0.539. The number of carbonyl (C=O) groups is 1. The highest BCUT2D eigenvalue weighted by Gasteiger charge is 2.60. The third kappa shape index (κ3) is 5.55. The molecule has 2 aromatic rings. The van der Waals surface area contributed by atoms with Crippen molar-refractivity contribution < 1.29 is 23.0 Å². The fourth-order valence-electron chi connectivity index (χ4n) is 4.80. The van der Waals surface area contributed by atoms with E-state index in [0.717, 1.165) is 0 Å². The molecular weight excluding hydrogens is 512 g/mol. The van der Waals surface area contributed by atoms with Crippen LogP contribution in [0.1, 0.15) is 50.7 Å². The molecule has 0 radical (unpaired) electrons. The highest BCUT2D eigenvalue weighted by molar-refractivity contribution is 8.13. The average molecular weight is 544 g/mol. The highest BCUT2D eigenvalue weighted by Crippen LogP contribution is 2.54. The predicted molar refractivity (Wildman–Crippen MR) is 142 cm³/mol. The Labute approximate surface area is 225 Å². The van der Waals surface area contributed by atoms with Crippen molar-refractivity contribution in [2.24, 2.45) is 16.1 Å². The number of carbonyl (C=O) groups excluding carboxylic acids is 1. The fourth-order valence-corrected chi connectivity index (χ4v) is 5.81. The maximum Gasteiger partial charge on any atom is 0.410 e. The van der Waals surface area contributed by atoms with Gasteiger partial charge in [-0.1, -0.05) is 36.7 Å². The van der Waals surface area contributed by atoms with Crippen molar-refractivity contribution in [3.05, 3.63) is 53.2 Å². The largest absolute Gasteiger partial charge is 0.463 e. The standard InChI is InChI=1S/C27H31F2N5O3S/c1-6-9-36-22-13-31-21(12-32-22)20(29)11-17-7-8-19(28)18(10-17)27-15-34(24(35)37-25(2,3)4)14-26(27,5)16-38-23(30)33-27/h1,7-8,10,12-13,20H,9,11,14-16H2,2-5H3,(H2,30,33)/t20?,26-,27+/m0/s1. The van der Waals surface area contributed by atoms with Crippen LogP contribution in [0.2, 0.25) is 0 Å². The van der Waals surface area contributed by atoms with Gasteiger partial charge in [-0.25, -0.2) is 23.6 Å². The number of terminal acetylenes is 1. The number of benzene rings is 1. The second-order valence-electron chi connectivity index (χ2n) is 10.8. The Morgan fingerprint density at radius 1 is 1.32 bits per heavy atom. The van der Waals surface area contributed by atoms with Crippen molar-refractivity contribution in [2.45, 2.75) is 51.4 Å². The second kappa shape index (κ2) is 10.4. The number of alkyl halides is 1. The number of ether oxygens (including phenoxy) is 2. The molecule has 202 valence electrons. The third-order valence-corrected chi connectivity index (χ3v) is 7.78. The number of nitrogens with zero attached hydrogens (tertiary/aromatic N) is 4. The van der Waals surface area contributed by atoms with Gasteiger partial charge < -0.3 is 20.1 Å². The molecule has 8 nitrogen and oxygen atoms in total. The Kier molecular flexibility index (Phi) is 7.57. The van der Waals surface area contributed by atoms with E-state index in [0.29, 0.717) is 23.0 Å². The number of aromatic nitrogens is 2. The summed E-state index contributed by atoms with van der Waals surface area (Å²) in [6, 6.07) is 4.45. The molecule has 3 heterocycles. The summed E-state index contributed by atoms with van der Waals surface area (Å²) in [7, 11) is 0. The molecule has 0 saturated carbocycles. The van der Waals surface area contributed by atoms with Crippen molar-refractivity contribution in [3.63, 3.8) is 0 Å². The molecule has 0 aliphatic carbocycles. The molecule has 4 rings (SSSR count). The van der Waals surface area contributed by atoms with Gasteiger partial charge in [0.15, 0.2) is 11.8 Å². The Bertz CT molecular complexity index is 1280. The number of hydrogen-bond donors (Lipinski definition) is 1. The monoisotopic (exact) mass is 543 g/mol. The first-order valence-electron chi connectivity index (χ1n) is 12.1. The zero-order valence-electron chi connectivity index (χ0n) is 21.8. The van der Waals surface area contributed by atoms with Gasteiger partial charge in [0, 0.05) is 29.7 Å². The number of fused-ring (bicyclic) bond motifs is 1. The molecule has 1 aromatic carbocycles. The summed E-state index contributed by atoms with van der Waals surface area (Å²) in [6.45, 7) is 7.75. The summed E-state index contributed by atoms with van der Waals surface area (Å²) in [4.78, 5) is 27.4. The van der Waals surface area contributed by atoms with Crippen LogP contribution in [0.3, 0.4) is 0 Å². The number of nitrogens with two attached hydrogens (primary N) is 1. The molecule has 3 atom stereocenters. The van der Waals surface area contributed by atoms with Crippen molar-refractivity contribution in [1.29, 1.82) is 0 Å². The SMILES string of the molecule is C#CCOc1cnc(C(F)Cc2ccc(F)c([C@]34CN(C(=O)OC(C)(C)C)C[C@@]3(C)CSC(N)=N4)c2)cn1. The maximum atomic E-state index is 15.5. The maximum absolute atomic E-state index is 15.5. The molecule has 1 amide bonds. The number of amides is 1. The van der Waals surface area contributed by atoms with Gasteiger partial charge in [-0.15, -0.1) is 6.42 Å². The number of rotatable bonds is 6. The Balaban J connectivity index is 1.64. The van der Waals surface area contributed by atoms with Crippen molar-refractivity contribution in [1.82, 2.24) is 14.9 Å². The van der Waals surface area contributed by atoms with E-state index in [-0.39, 0.29) is 36.7 Å². The number of halogens is 2. The third-order valence-electron chi connectivity index (χ3n) is 6.61. The molecular formula is C27H31F2N5O3S. The minimum Gasteiger partial charge on any atom is -0.463 e. The zero-order valence-corrected chi connectivity index (χ0v) is 22.6. The van der Waals surface area contributed by atoms with E-state index >= 15 is 8.78 Å². The molecule has 1 fully saturated rings. The lowest BCUT2D eigenvalue weighted by Crippen LogP contribution is -2.48. The molecule has 2 N–H and O–H groups in total. The molecule has 38 heavy (non-hydrogen) atoms. The molecule has 1 unspecified atom stereocenters. The van der Waals surface area contributed by atoms with Gasteiger partial charge in [0.2, 0.25) is 5.88 Å². The van der Waals surface area contributed by atoms with Crippen LogP contribution in [0.15, 0.2) is 35.6 Å². The topological polar surface area (TPSA) is 103 Å². The van der Waals surface area contributed by atoms with Gasteiger partial charge in [0.1, 0.15) is 23.1 Å². The first-order valence-corrected chi connectivity index (χ1v) is 13.1. The summed E-state index contributed by atoms with van der Waals surface area (Å²) >= 11 is 1.37. The molecule has 2 aliphatic heterocycles. The average Bonchev–Trinajstić information content (AvgIpc) is 3.17. The fraction of sp³-hybridized carbons (Fsp3) is 0.481. The lowest BCUT2D eigenvalue weighted by Gasteiger charge is -2.42. The first-order chi connectivity index (χ1) is 17.9. The van der Waals surface area contributed by atoms with E-state index in [9.17, 15) is 4.79 Å². The molecule has 1 saturated heterocycles. The summed E-state index contributed by atoms with van der Waals surface area (Å²) in [5.74, 6) is 2.55. The number of thioether (sulfide) groups is 1. The molecule has 0 bridgehead atoms. The van der Waals surface area contributed by atoms with Crippen LogP contribution < -0.4 is 10.5 Å². The van der Waals surface area contributed by atoms with Gasteiger partial charge in [0.25, 0.3) is 0 Å². The lowest BCUT2D eigenvalue weighted by atomic mass is 9.70. The number of likely N-dealkylation sites (tertiary alicyclic amines) is 1. The first kappa shape index (κ1) is 27.6. The second-order valence-corrected chi connectivity index (χ2v) is 11.7. The van der Waals surface area contributed by atoms with Gasteiger partial charge in [0.05, 0.1) is 24.6 Å². The van der Waals surface area contributed by atoms with E-state index in [1.807, 2.05) is 6.92 Å². The van der Waals surface area contributed by atoms with Crippen LogP contribution in [0.25, 0.3) is 0 Å². The number of amidine groups is 1. The summed E-state index contributed by atoms with van der Waals surface area (Å²) in [5.41, 5.74) is 4.59. The smallest absolute Gasteiger partial charge is 0.410 e. The predicted octanol–water partition coefficient (Wildman–Crippen LogP) is 4.39. The minimum absolute atomic E-state index is 0.0307. The Morgan fingerprint density at radius 2 is 2.08 bits per heavy atom. The number of aliphatic imine (C=N–C) groups is 1. The molecule has 11 heteroatoms. The zero-order chi connectivity index (χ0) is 27.7.